The number of carbonyl (C=O) groups excluding carboxylic acids is 2. The highest BCUT2D eigenvalue weighted by molar-refractivity contribution is 7.48. The number of alkyl halides is 1. The molecule has 0 aliphatic heterocycles. The number of ether oxygens (including phenoxy) is 2. The summed E-state index contributed by atoms with van der Waals surface area (Å²) in [6.45, 7) is 15.3. The Balaban J connectivity index is 2.95. The van der Waals surface area contributed by atoms with Gasteiger partial charge in [-0.05, 0) is 62.3 Å². The van der Waals surface area contributed by atoms with Crippen LogP contribution >= 0.6 is 19.4 Å². The van der Waals surface area contributed by atoms with Crippen LogP contribution in [0.4, 0.5) is 0 Å². The molecular weight excluding hydrogens is 423 g/mol. The Kier molecular flexibility index (Phi) is 8.39. The first-order valence-electron chi connectivity index (χ1n) is 9.49. The largest absolute Gasteiger partial charge is 0.475 e. The van der Waals surface area contributed by atoms with Crippen molar-refractivity contribution in [2.24, 2.45) is 17.8 Å². The van der Waals surface area contributed by atoms with Crippen LogP contribution in [0.1, 0.15) is 62.3 Å². The molecule has 170 valence electrons. The normalized spacial score (nSPS) is 22.9. The number of hydrogen-bond donors (Lipinski definition) is 0. The summed E-state index contributed by atoms with van der Waals surface area (Å²) >= 11 is 5.47. The molecule has 0 amide bonds. The molecule has 0 saturated heterocycles. The molecule has 1 aliphatic rings. The number of hydrogen-bond acceptors (Lipinski definition) is 8. The topological polar surface area (TPSA) is 97.4 Å². The number of rotatable bonds is 8. The van der Waals surface area contributed by atoms with E-state index in [1.165, 1.54) is 0 Å². The average molecular weight is 457 g/mol. The van der Waals surface area contributed by atoms with Crippen LogP contribution in [0.3, 0.4) is 0 Å². The van der Waals surface area contributed by atoms with Crippen molar-refractivity contribution in [2.75, 3.05) is 12.7 Å². The van der Waals surface area contributed by atoms with Crippen LogP contribution in [0.25, 0.3) is 0 Å². The van der Waals surface area contributed by atoms with E-state index in [1.807, 2.05) is 0 Å². The van der Waals surface area contributed by atoms with Crippen molar-refractivity contribution >= 4 is 31.4 Å². The highest BCUT2D eigenvalue weighted by atomic mass is 35.5. The zero-order valence-electron chi connectivity index (χ0n) is 18.7. The fourth-order valence-corrected chi connectivity index (χ4v) is 4.61. The van der Waals surface area contributed by atoms with Crippen LogP contribution in [0.5, 0.6) is 0 Å². The highest BCUT2D eigenvalue weighted by Gasteiger charge is 2.62. The van der Waals surface area contributed by atoms with Crippen molar-refractivity contribution in [1.82, 2.24) is 0 Å². The second-order valence-corrected chi connectivity index (χ2v) is 11.7. The van der Waals surface area contributed by atoms with Gasteiger partial charge in [-0.15, -0.1) is 0 Å². The average Bonchev–Trinajstić information content (AvgIpc) is 3.14. The van der Waals surface area contributed by atoms with Crippen molar-refractivity contribution in [3.05, 3.63) is 0 Å². The lowest BCUT2D eigenvalue weighted by Crippen LogP contribution is -2.26. The minimum Gasteiger partial charge on any atom is -0.460 e. The molecule has 0 bridgehead atoms. The maximum atomic E-state index is 13.2. The zero-order valence-corrected chi connectivity index (χ0v) is 20.4. The van der Waals surface area contributed by atoms with Crippen LogP contribution in [0.15, 0.2) is 0 Å². The Morgan fingerprint density at radius 3 is 1.66 bits per heavy atom. The maximum absolute atomic E-state index is 13.2. The number of halogens is 1. The Bertz CT molecular complexity index is 624. The summed E-state index contributed by atoms with van der Waals surface area (Å²) in [4.78, 5) is 24.7. The van der Waals surface area contributed by atoms with Gasteiger partial charge in [-0.1, -0.05) is 11.6 Å². The highest BCUT2D eigenvalue weighted by Crippen LogP contribution is 2.58. The first kappa shape index (κ1) is 26.4. The molecule has 0 radical (unpaired) electrons. The molecule has 1 aliphatic carbocycles. The molecule has 1 saturated carbocycles. The third-order valence-corrected chi connectivity index (χ3v) is 5.63. The van der Waals surface area contributed by atoms with Crippen LogP contribution in [0.2, 0.25) is 0 Å². The Morgan fingerprint density at radius 1 is 0.828 bits per heavy atom. The molecule has 0 unspecified atom stereocenters. The van der Waals surface area contributed by atoms with Crippen LogP contribution in [-0.2, 0) is 37.2 Å². The first-order valence-corrected chi connectivity index (χ1v) is 11.5. The van der Waals surface area contributed by atoms with Crippen LogP contribution in [0, 0.1) is 17.8 Å². The van der Waals surface area contributed by atoms with E-state index in [2.05, 4.69) is 0 Å². The van der Waals surface area contributed by atoms with Gasteiger partial charge in [-0.3, -0.25) is 23.2 Å². The molecule has 0 aromatic heterocycles. The summed E-state index contributed by atoms with van der Waals surface area (Å²) in [6, 6.07) is -0.331. The van der Waals surface area contributed by atoms with E-state index in [-0.39, 0.29) is 12.7 Å². The van der Waals surface area contributed by atoms with Gasteiger partial charge in [0, 0.05) is 5.92 Å². The van der Waals surface area contributed by atoms with Gasteiger partial charge in [0.2, 0.25) is 0 Å². The van der Waals surface area contributed by atoms with Crippen molar-refractivity contribution in [3.63, 3.8) is 0 Å². The number of esters is 2. The van der Waals surface area contributed by atoms with Gasteiger partial charge >= 0.3 is 19.8 Å². The van der Waals surface area contributed by atoms with E-state index < -0.39 is 54.3 Å². The summed E-state index contributed by atoms with van der Waals surface area (Å²) in [5, 5.41) is 0. The number of carbonyl (C=O) groups is 2. The number of phosphoric acid groups is 1. The Labute approximate surface area is 178 Å². The molecule has 0 aromatic carbocycles. The lowest BCUT2D eigenvalue weighted by molar-refractivity contribution is -0.159. The second kappa shape index (κ2) is 9.23. The van der Waals surface area contributed by atoms with Crippen LogP contribution < -0.4 is 0 Å². The lowest BCUT2D eigenvalue weighted by Gasteiger charge is -2.31. The minimum absolute atomic E-state index is 0.199. The van der Waals surface area contributed by atoms with Gasteiger partial charge in [0.25, 0.3) is 0 Å². The summed E-state index contributed by atoms with van der Waals surface area (Å²) in [7, 11) is -3.98. The Morgan fingerprint density at radius 2 is 1.28 bits per heavy atom. The van der Waals surface area contributed by atoms with Crippen molar-refractivity contribution in [2.45, 2.75) is 79.1 Å². The second-order valence-electron chi connectivity index (χ2n) is 9.97. The van der Waals surface area contributed by atoms with Gasteiger partial charge in [0.1, 0.15) is 5.60 Å². The quantitative estimate of drug-likeness (QED) is 0.295. The van der Waals surface area contributed by atoms with Gasteiger partial charge in [-0.2, -0.15) is 0 Å². The van der Waals surface area contributed by atoms with Crippen molar-refractivity contribution in [3.8, 4) is 0 Å². The molecule has 3 atom stereocenters. The minimum atomic E-state index is -3.98. The fraction of sp³-hybridized carbons (Fsp3) is 0.895. The maximum Gasteiger partial charge on any atom is 0.475 e. The standard InChI is InChI=1S/C19H34ClO8P/c1-17(2,3)26-16(22)14-12(13(14)15(21)24-11-20)10-25-29(23,27-18(4,5)6)28-19(7,8)9/h12-14H,10-11H2,1-9H3/t12-,13+,14+/m1/s1. The molecular formula is C19H34ClO8P. The van der Waals surface area contributed by atoms with E-state index in [4.69, 9.17) is 34.6 Å². The van der Waals surface area contributed by atoms with E-state index in [0.717, 1.165) is 0 Å². The van der Waals surface area contributed by atoms with Gasteiger partial charge in [0.05, 0.1) is 29.6 Å². The van der Waals surface area contributed by atoms with Gasteiger partial charge < -0.3 is 9.47 Å². The molecule has 1 fully saturated rings. The predicted molar refractivity (Wildman–Crippen MR) is 108 cm³/mol. The monoisotopic (exact) mass is 456 g/mol. The van der Waals surface area contributed by atoms with E-state index in [0.29, 0.717) is 0 Å². The lowest BCUT2D eigenvalue weighted by atomic mass is 10.2. The van der Waals surface area contributed by atoms with Gasteiger partial charge in [-0.25, -0.2) is 4.57 Å². The first-order chi connectivity index (χ1) is 12.9. The van der Waals surface area contributed by atoms with E-state index in [9.17, 15) is 14.2 Å². The third-order valence-electron chi connectivity index (χ3n) is 3.51. The molecule has 1 rings (SSSR count). The van der Waals surface area contributed by atoms with Crippen molar-refractivity contribution < 1.29 is 37.2 Å². The van der Waals surface area contributed by atoms with E-state index >= 15 is 0 Å². The molecule has 0 N–H and O–H groups in total. The summed E-state index contributed by atoms with van der Waals surface area (Å²) < 4.78 is 40.0. The summed E-state index contributed by atoms with van der Waals surface area (Å²) in [5.74, 6) is -3.33. The molecule has 0 aromatic rings. The van der Waals surface area contributed by atoms with Crippen LogP contribution in [-0.4, -0.2) is 41.4 Å². The SMILES string of the molecule is CC(C)(C)OC(=O)[C@H]1[C@H](COP(=O)(OC(C)(C)C)OC(C)(C)C)[C@@H]1C(=O)OCCl. The van der Waals surface area contributed by atoms with Gasteiger partial charge in [0.15, 0.2) is 6.07 Å². The molecule has 10 heteroatoms. The summed E-state index contributed by atoms with van der Waals surface area (Å²) in [6.07, 6.45) is 0. The molecule has 29 heavy (non-hydrogen) atoms. The van der Waals surface area contributed by atoms with Crippen molar-refractivity contribution in [1.29, 1.82) is 0 Å². The summed E-state index contributed by atoms with van der Waals surface area (Å²) in [5.41, 5.74) is -2.32. The number of phosphoric ester groups is 1. The smallest absolute Gasteiger partial charge is 0.460 e. The molecule has 0 spiro atoms. The zero-order chi connectivity index (χ0) is 22.8. The molecule has 8 nitrogen and oxygen atoms in total. The third kappa shape index (κ3) is 9.35. The molecule has 0 heterocycles. The fourth-order valence-electron chi connectivity index (χ4n) is 2.66. The Hall–Kier alpha value is -0.660. The van der Waals surface area contributed by atoms with E-state index in [1.54, 1.807) is 62.3 Å². The predicted octanol–water partition coefficient (Wildman–Crippen LogP) is 4.68.